The Morgan fingerprint density at radius 2 is 2.21 bits per heavy atom. The zero-order valence-corrected chi connectivity index (χ0v) is 7.38. The highest BCUT2D eigenvalue weighted by atomic mass is 16.6. The minimum atomic E-state index is -0.588. The molecule has 0 radical (unpaired) electrons. The smallest absolute Gasteiger partial charge is 0.270 e. The number of nitrogens with two attached hydrogens (primary N) is 2. The van der Waals surface area contributed by atoms with E-state index in [1.54, 1.807) is 0 Å². The summed E-state index contributed by atoms with van der Waals surface area (Å²) in [5, 5.41) is 19.8. The van der Waals surface area contributed by atoms with E-state index in [1.807, 2.05) is 0 Å². The molecule has 0 aliphatic heterocycles. The summed E-state index contributed by atoms with van der Waals surface area (Å²) in [6, 6.07) is 3.09. The Hall–Kier alpha value is -1.66. The summed E-state index contributed by atoms with van der Waals surface area (Å²) < 4.78 is 0. The normalized spacial score (nSPS) is 12.4. The highest BCUT2D eigenvalue weighted by Crippen LogP contribution is 2.26. The lowest BCUT2D eigenvalue weighted by molar-refractivity contribution is -0.385. The van der Waals surface area contributed by atoms with Gasteiger partial charge in [0, 0.05) is 30.3 Å². The van der Waals surface area contributed by atoms with Crippen molar-refractivity contribution in [3.05, 3.63) is 33.9 Å². The fourth-order valence-electron chi connectivity index (χ4n) is 1.08. The number of hydrogen-bond donors (Lipinski definition) is 3. The molecule has 1 aromatic rings. The number of rotatable bonds is 3. The van der Waals surface area contributed by atoms with Gasteiger partial charge in [0.25, 0.3) is 5.69 Å². The third kappa shape index (κ3) is 1.98. The standard InChI is InChI=1S/C8H11N3O3/c9-4-7(10)6-3-5(11(13)14)1-2-8(6)12/h1-3,7,12H,4,9-10H2/t7-/m1/s1. The molecule has 0 aliphatic rings. The second-order valence-corrected chi connectivity index (χ2v) is 2.84. The SMILES string of the molecule is NC[C@@H](N)c1cc([N+](=O)[O-])ccc1O. The van der Waals surface area contributed by atoms with E-state index in [0.717, 1.165) is 0 Å². The summed E-state index contributed by atoms with van der Waals surface area (Å²) in [5.41, 5.74) is 11.0. The average molecular weight is 197 g/mol. The number of phenols is 1. The lowest BCUT2D eigenvalue weighted by Crippen LogP contribution is -2.20. The van der Waals surface area contributed by atoms with Crippen molar-refractivity contribution in [1.82, 2.24) is 0 Å². The van der Waals surface area contributed by atoms with Crippen molar-refractivity contribution in [1.29, 1.82) is 0 Å². The Balaban J connectivity index is 3.14. The van der Waals surface area contributed by atoms with Crippen LogP contribution in [0, 0.1) is 10.1 Å². The van der Waals surface area contributed by atoms with Crippen LogP contribution >= 0.6 is 0 Å². The van der Waals surface area contributed by atoms with Crippen LogP contribution in [0.15, 0.2) is 18.2 Å². The third-order valence-corrected chi connectivity index (χ3v) is 1.88. The van der Waals surface area contributed by atoms with Gasteiger partial charge in [-0.25, -0.2) is 0 Å². The molecule has 0 aromatic heterocycles. The molecule has 14 heavy (non-hydrogen) atoms. The van der Waals surface area contributed by atoms with Gasteiger partial charge < -0.3 is 16.6 Å². The molecule has 76 valence electrons. The van der Waals surface area contributed by atoms with Gasteiger partial charge in [-0.1, -0.05) is 0 Å². The van der Waals surface area contributed by atoms with E-state index in [0.29, 0.717) is 5.56 Å². The van der Waals surface area contributed by atoms with Crippen molar-refractivity contribution in [3.63, 3.8) is 0 Å². The molecule has 0 bridgehead atoms. The topological polar surface area (TPSA) is 115 Å². The Labute approximate surface area is 80.3 Å². The number of nitro groups is 1. The predicted molar refractivity (Wildman–Crippen MR) is 50.7 cm³/mol. The number of hydrogen-bond acceptors (Lipinski definition) is 5. The van der Waals surface area contributed by atoms with E-state index in [1.165, 1.54) is 18.2 Å². The van der Waals surface area contributed by atoms with Crippen LogP contribution in [0.25, 0.3) is 0 Å². The molecule has 0 fully saturated rings. The first-order valence-electron chi connectivity index (χ1n) is 3.99. The molecule has 0 saturated carbocycles. The first-order chi connectivity index (χ1) is 6.56. The summed E-state index contributed by atoms with van der Waals surface area (Å²) in [6.07, 6.45) is 0. The summed E-state index contributed by atoms with van der Waals surface area (Å²) in [4.78, 5) is 9.88. The fourth-order valence-corrected chi connectivity index (χ4v) is 1.08. The van der Waals surface area contributed by atoms with Gasteiger partial charge in [-0.3, -0.25) is 10.1 Å². The lowest BCUT2D eigenvalue weighted by Gasteiger charge is -2.10. The minimum Gasteiger partial charge on any atom is -0.508 e. The van der Waals surface area contributed by atoms with Gasteiger partial charge in [0.15, 0.2) is 0 Å². The van der Waals surface area contributed by atoms with Crippen molar-refractivity contribution in [2.75, 3.05) is 6.54 Å². The average Bonchev–Trinajstić information content (AvgIpc) is 2.17. The molecular weight excluding hydrogens is 186 g/mol. The number of aromatic hydroxyl groups is 1. The molecule has 0 unspecified atom stereocenters. The van der Waals surface area contributed by atoms with Gasteiger partial charge >= 0.3 is 0 Å². The monoisotopic (exact) mass is 197 g/mol. The van der Waals surface area contributed by atoms with Crippen molar-refractivity contribution in [2.45, 2.75) is 6.04 Å². The number of benzene rings is 1. The van der Waals surface area contributed by atoms with Gasteiger partial charge in [-0.2, -0.15) is 0 Å². The molecule has 6 nitrogen and oxygen atoms in total. The van der Waals surface area contributed by atoms with E-state index in [9.17, 15) is 15.2 Å². The number of non-ortho nitro benzene ring substituents is 1. The van der Waals surface area contributed by atoms with E-state index < -0.39 is 11.0 Å². The summed E-state index contributed by atoms with van der Waals surface area (Å²) in [5.74, 6) is -0.0754. The number of nitro benzene ring substituents is 1. The van der Waals surface area contributed by atoms with Crippen LogP contribution in [-0.4, -0.2) is 16.6 Å². The maximum Gasteiger partial charge on any atom is 0.270 e. The van der Waals surface area contributed by atoms with Gasteiger partial charge in [-0.05, 0) is 6.07 Å². The minimum absolute atomic E-state index is 0.0754. The molecule has 1 rings (SSSR count). The first kappa shape index (κ1) is 10.4. The quantitative estimate of drug-likeness (QED) is 0.474. The first-order valence-corrected chi connectivity index (χ1v) is 3.99. The molecule has 5 N–H and O–H groups in total. The predicted octanol–water partition coefficient (Wildman–Crippen LogP) is 0.259. The van der Waals surface area contributed by atoms with Crippen molar-refractivity contribution in [2.24, 2.45) is 11.5 Å². The van der Waals surface area contributed by atoms with Crippen LogP contribution in [0.2, 0.25) is 0 Å². The molecule has 0 aliphatic carbocycles. The van der Waals surface area contributed by atoms with E-state index in [2.05, 4.69) is 0 Å². The van der Waals surface area contributed by atoms with E-state index in [-0.39, 0.29) is 18.0 Å². The van der Waals surface area contributed by atoms with Crippen molar-refractivity contribution in [3.8, 4) is 5.75 Å². The summed E-state index contributed by atoms with van der Waals surface area (Å²) >= 11 is 0. The zero-order chi connectivity index (χ0) is 10.7. The van der Waals surface area contributed by atoms with Crippen LogP contribution in [0.5, 0.6) is 5.75 Å². The van der Waals surface area contributed by atoms with Crippen molar-refractivity contribution < 1.29 is 10.0 Å². The molecule has 1 atom stereocenters. The molecule has 0 amide bonds. The Bertz CT molecular complexity index is 354. The molecule has 1 aromatic carbocycles. The van der Waals surface area contributed by atoms with E-state index in [4.69, 9.17) is 11.5 Å². The molecular formula is C8H11N3O3. The molecule has 0 spiro atoms. The second-order valence-electron chi connectivity index (χ2n) is 2.84. The van der Waals surface area contributed by atoms with Crippen LogP contribution in [-0.2, 0) is 0 Å². The highest BCUT2D eigenvalue weighted by Gasteiger charge is 2.14. The van der Waals surface area contributed by atoms with Gasteiger partial charge in [0.1, 0.15) is 5.75 Å². The van der Waals surface area contributed by atoms with Gasteiger partial charge in [0.05, 0.1) is 4.92 Å². The van der Waals surface area contributed by atoms with Crippen LogP contribution < -0.4 is 11.5 Å². The Morgan fingerprint density at radius 3 is 2.71 bits per heavy atom. The zero-order valence-electron chi connectivity index (χ0n) is 7.38. The van der Waals surface area contributed by atoms with Crippen LogP contribution in [0.1, 0.15) is 11.6 Å². The lowest BCUT2D eigenvalue weighted by atomic mass is 10.1. The van der Waals surface area contributed by atoms with Crippen molar-refractivity contribution >= 4 is 5.69 Å². The van der Waals surface area contributed by atoms with Crippen LogP contribution in [0.4, 0.5) is 5.69 Å². The maximum atomic E-state index is 10.4. The van der Waals surface area contributed by atoms with Gasteiger partial charge in [0.2, 0.25) is 0 Å². The maximum absolute atomic E-state index is 10.4. The fraction of sp³-hybridized carbons (Fsp3) is 0.250. The Kier molecular flexibility index (Phi) is 3.00. The summed E-state index contributed by atoms with van der Waals surface area (Å²) in [6.45, 7) is 0.120. The highest BCUT2D eigenvalue weighted by molar-refractivity contribution is 5.44. The van der Waals surface area contributed by atoms with Gasteiger partial charge in [-0.15, -0.1) is 0 Å². The summed E-state index contributed by atoms with van der Waals surface area (Å²) in [7, 11) is 0. The van der Waals surface area contributed by atoms with Crippen LogP contribution in [0.3, 0.4) is 0 Å². The second kappa shape index (κ2) is 4.03. The third-order valence-electron chi connectivity index (χ3n) is 1.88. The Morgan fingerprint density at radius 1 is 1.57 bits per heavy atom. The molecule has 6 heteroatoms. The van der Waals surface area contributed by atoms with E-state index >= 15 is 0 Å². The largest absolute Gasteiger partial charge is 0.508 e. The molecule has 0 saturated heterocycles. The molecule has 0 heterocycles. The number of nitrogens with zero attached hydrogens (tertiary/aromatic N) is 1. The number of phenolic OH excluding ortho intramolecular Hbond substituents is 1.